The van der Waals surface area contributed by atoms with E-state index in [0.717, 1.165) is 13.1 Å². The molecule has 0 amide bonds. The number of benzene rings is 1. The lowest BCUT2D eigenvalue weighted by atomic mass is 10.1. The van der Waals surface area contributed by atoms with Crippen LogP contribution in [0, 0.1) is 17.1 Å². The van der Waals surface area contributed by atoms with Crippen LogP contribution < -0.4 is 5.32 Å². The lowest BCUT2D eigenvalue weighted by Crippen LogP contribution is -2.29. The fraction of sp³-hybridized carbons (Fsp3) is 0.500. The highest BCUT2D eigenvalue weighted by Crippen LogP contribution is 2.11. The summed E-state index contributed by atoms with van der Waals surface area (Å²) in [4.78, 5) is 2.41. The molecule has 3 nitrogen and oxygen atoms in total. The summed E-state index contributed by atoms with van der Waals surface area (Å²) >= 11 is 0. The SMILES string of the molecule is N#Cc1cccc(CNCCN2CCCC2)c1F. The van der Waals surface area contributed by atoms with Crippen molar-refractivity contribution in [2.45, 2.75) is 19.4 Å². The Balaban J connectivity index is 1.78. The maximum Gasteiger partial charge on any atom is 0.145 e. The molecule has 2 rings (SSSR count). The molecule has 1 aromatic rings. The van der Waals surface area contributed by atoms with Crippen LogP contribution in [0.4, 0.5) is 4.39 Å². The molecular formula is C14H18FN3. The molecule has 1 N–H and O–H groups in total. The Morgan fingerprint density at radius 3 is 2.83 bits per heavy atom. The third-order valence-electron chi connectivity index (χ3n) is 3.32. The molecule has 96 valence electrons. The van der Waals surface area contributed by atoms with Crippen molar-refractivity contribution in [3.05, 3.63) is 35.1 Å². The highest BCUT2D eigenvalue weighted by molar-refractivity contribution is 5.34. The van der Waals surface area contributed by atoms with Crippen molar-refractivity contribution < 1.29 is 4.39 Å². The minimum absolute atomic E-state index is 0.119. The number of hydrogen-bond donors (Lipinski definition) is 1. The number of nitriles is 1. The molecule has 1 aliphatic rings. The van der Waals surface area contributed by atoms with Crippen molar-refractivity contribution in [1.82, 2.24) is 10.2 Å². The fourth-order valence-corrected chi connectivity index (χ4v) is 2.27. The van der Waals surface area contributed by atoms with Crippen LogP contribution in [0.3, 0.4) is 0 Å². The largest absolute Gasteiger partial charge is 0.311 e. The summed E-state index contributed by atoms with van der Waals surface area (Å²) in [7, 11) is 0. The molecule has 1 aliphatic heterocycles. The molecule has 1 aromatic carbocycles. The molecule has 0 radical (unpaired) electrons. The van der Waals surface area contributed by atoms with Crippen LogP contribution in [-0.2, 0) is 6.54 Å². The Morgan fingerprint density at radius 1 is 1.33 bits per heavy atom. The van der Waals surface area contributed by atoms with Gasteiger partial charge in [-0.05, 0) is 32.0 Å². The van der Waals surface area contributed by atoms with Crippen molar-refractivity contribution in [3.8, 4) is 6.07 Å². The Hall–Kier alpha value is -1.44. The first-order valence-electron chi connectivity index (χ1n) is 6.42. The van der Waals surface area contributed by atoms with E-state index in [-0.39, 0.29) is 5.56 Å². The van der Waals surface area contributed by atoms with Crippen molar-refractivity contribution in [2.75, 3.05) is 26.2 Å². The molecule has 18 heavy (non-hydrogen) atoms. The van der Waals surface area contributed by atoms with E-state index >= 15 is 0 Å². The van der Waals surface area contributed by atoms with Gasteiger partial charge in [0, 0.05) is 25.2 Å². The van der Waals surface area contributed by atoms with E-state index in [0.29, 0.717) is 12.1 Å². The molecular weight excluding hydrogens is 229 g/mol. The van der Waals surface area contributed by atoms with E-state index in [1.54, 1.807) is 12.1 Å². The van der Waals surface area contributed by atoms with E-state index in [9.17, 15) is 4.39 Å². The Labute approximate surface area is 107 Å². The van der Waals surface area contributed by atoms with E-state index in [1.807, 2.05) is 6.07 Å². The van der Waals surface area contributed by atoms with Crippen molar-refractivity contribution in [3.63, 3.8) is 0 Å². The first-order valence-corrected chi connectivity index (χ1v) is 6.42. The summed E-state index contributed by atoms with van der Waals surface area (Å²) < 4.78 is 13.7. The Bertz CT molecular complexity index is 433. The molecule has 0 bridgehead atoms. The predicted octanol–water partition coefficient (Wildman–Crippen LogP) is 1.88. The summed E-state index contributed by atoms with van der Waals surface area (Å²) in [6.45, 7) is 4.71. The van der Waals surface area contributed by atoms with Crippen LogP contribution >= 0.6 is 0 Å². The third kappa shape index (κ3) is 3.28. The van der Waals surface area contributed by atoms with Gasteiger partial charge in [0.1, 0.15) is 11.9 Å². The molecule has 0 saturated carbocycles. The summed E-state index contributed by atoms with van der Waals surface area (Å²) in [5, 5.41) is 12.0. The molecule has 4 heteroatoms. The topological polar surface area (TPSA) is 39.1 Å². The highest BCUT2D eigenvalue weighted by atomic mass is 19.1. The fourth-order valence-electron chi connectivity index (χ4n) is 2.27. The predicted molar refractivity (Wildman–Crippen MR) is 68.5 cm³/mol. The van der Waals surface area contributed by atoms with E-state index < -0.39 is 5.82 Å². The van der Waals surface area contributed by atoms with Gasteiger partial charge in [-0.25, -0.2) is 4.39 Å². The van der Waals surface area contributed by atoms with Gasteiger partial charge in [0.25, 0.3) is 0 Å². The van der Waals surface area contributed by atoms with Gasteiger partial charge in [-0.3, -0.25) is 0 Å². The summed E-state index contributed by atoms with van der Waals surface area (Å²) in [5.41, 5.74) is 0.685. The van der Waals surface area contributed by atoms with Crippen molar-refractivity contribution in [2.24, 2.45) is 0 Å². The van der Waals surface area contributed by atoms with Crippen LogP contribution in [0.1, 0.15) is 24.0 Å². The number of halogens is 1. The van der Waals surface area contributed by atoms with E-state index in [1.165, 1.54) is 32.0 Å². The number of rotatable bonds is 5. The third-order valence-corrected chi connectivity index (χ3v) is 3.32. The number of nitrogens with one attached hydrogen (secondary N) is 1. The second-order valence-electron chi connectivity index (χ2n) is 4.62. The lowest BCUT2D eigenvalue weighted by Gasteiger charge is -2.14. The second kappa shape index (κ2) is 6.48. The van der Waals surface area contributed by atoms with E-state index in [4.69, 9.17) is 5.26 Å². The summed E-state index contributed by atoms with van der Waals surface area (Å²) in [5.74, 6) is -0.395. The lowest BCUT2D eigenvalue weighted by molar-refractivity contribution is 0.335. The van der Waals surface area contributed by atoms with Gasteiger partial charge in [0.2, 0.25) is 0 Å². The van der Waals surface area contributed by atoms with Crippen LogP contribution in [0.5, 0.6) is 0 Å². The molecule has 0 atom stereocenters. The van der Waals surface area contributed by atoms with Crippen molar-refractivity contribution >= 4 is 0 Å². The van der Waals surface area contributed by atoms with Gasteiger partial charge in [-0.2, -0.15) is 5.26 Å². The average molecular weight is 247 g/mol. The van der Waals surface area contributed by atoms with Gasteiger partial charge in [-0.1, -0.05) is 12.1 Å². The molecule has 1 fully saturated rings. The Kier molecular flexibility index (Phi) is 4.68. The molecule has 0 aromatic heterocycles. The van der Waals surface area contributed by atoms with Gasteiger partial charge in [0.05, 0.1) is 5.56 Å². The number of nitrogens with zero attached hydrogens (tertiary/aromatic N) is 2. The second-order valence-corrected chi connectivity index (χ2v) is 4.62. The molecule has 1 saturated heterocycles. The highest BCUT2D eigenvalue weighted by Gasteiger charge is 2.11. The minimum Gasteiger partial charge on any atom is -0.311 e. The maximum absolute atomic E-state index is 13.7. The maximum atomic E-state index is 13.7. The van der Waals surface area contributed by atoms with Crippen LogP contribution in [0.2, 0.25) is 0 Å². The standard InChI is InChI=1S/C14H18FN3/c15-14-12(10-16)4-3-5-13(14)11-17-6-9-18-7-1-2-8-18/h3-5,17H,1-2,6-9,11H2. The van der Waals surface area contributed by atoms with Gasteiger partial charge < -0.3 is 10.2 Å². The van der Waals surface area contributed by atoms with Crippen LogP contribution in [0.25, 0.3) is 0 Å². The zero-order valence-corrected chi connectivity index (χ0v) is 10.5. The van der Waals surface area contributed by atoms with Gasteiger partial charge in [-0.15, -0.1) is 0 Å². The summed E-state index contributed by atoms with van der Waals surface area (Å²) in [6.07, 6.45) is 2.58. The van der Waals surface area contributed by atoms with Crippen LogP contribution in [-0.4, -0.2) is 31.1 Å². The van der Waals surface area contributed by atoms with Gasteiger partial charge in [0.15, 0.2) is 0 Å². The summed E-state index contributed by atoms with van der Waals surface area (Å²) in [6, 6.07) is 6.81. The quantitative estimate of drug-likeness (QED) is 0.807. The van der Waals surface area contributed by atoms with Gasteiger partial charge >= 0.3 is 0 Å². The normalized spacial score (nSPS) is 15.8. The number of hydrogen-bond acceptors (Lipinski definition) is 3. The van der Waals surface area contributed by atoms with E-state index in [2.05, 4.69) is 10.2 Å². The first-order chi connectivity index (χ1) is 8.81. The first kappa shape index (κ1) is 13.0. The smallest absolute Gasteiger partial charge is 0.145 e. The molecule has 0 unspecified atom stereocenters. The molecule has 0 spiro atoms. The monoisotopic (exact) mass is 247 g/mol. The van der Waals surface area contributed by atoms with Crippen molar-refractivity contribution in [1.29, 1.82) is 5.26 Å². The zero-order valence-electron chi connectivity index (χ0n) is 10.5. The average Bonchev–Trinajstić information content (AvgIpc) is 2.89. The molecule has 1 heterocycles. The zero-order chi connectivity index (χ0) is 12.8. The Morgan fingerprint density at radius 2 is 2.11 bits per heavy atom. The molecule has 0 aliphatic carbocycles. The van der Waals surface area contributed by atoms with Crippen LogP contribution in [0.15, 0.2) is 18.2 Å². The number of likely N-dealkylation sites (tertiary alicyclic amines) is 1. The minimum atomic E-state index is -0.395.